The van der Waals surface area contributed by atoms with E-state index in [1.165, 1.54) is 4.90 Å². The first kappa shape index (κ1) is 18.5. The van der Waals surface area contributed by atoms with Crippen molar-refractivity contribution in [1.82, 2.24) is 4.90 Å². The first-order valence-electron chi connectivity index (χ1n) is 7.57. The highest BCUT2D eigenvalue weighted by Gasteiger charge is 2.36. The van der Waals surface area contributed by atoms with Gasteiger partial charge < -0.3 is 15.4 Å². The summed E-state index contributed by atoms with van der Waals surface area (Å²) in [4.78, 5) is 13.3. The number of amides is 1. The Labute approximate surface area is 137 Å². The number of benzene rings is 1. The Hall–Kier alpha value is -1.83. The average molecular weight is 348 g/mol. The van der Waals surface area contributed by atoms with Gasteiger partial charge in [-0.25, -0.2) is 22.4 Å². The molecular formula is C16H20F4N2O2. The number of hydrogen-bond acceptors (Lipinski definition) is 3. The molecule has 1 aliphatic rings. The van der Waals surface area contributed by atoms with Crippen LogP contribution in [0.5, 0.6) is 0 Å². The molecule has 1 heterocycles. The van der Waals surface area contributed by atoms with E-state index < -0.39 is 52.5 Å². The van der Waals surface area contributed by atoms with E-state index in [2.05, 4.69) is 0 Å². The second-order valence-electron chi connectivity index (χ2n) is 6.87. The standard InChI is InChI=1S/C16H20F4N2O2/c1-16(2,3)24-15(23)22-5-4-8(11(21)7-22)12-13(19)9(17)6-10(18)14(12)20/h6,8,11H,4-5,7,21H2,1-3H3/t8-,11-/m1/s1. The van der Waals surface area contributed by atoms with Crippen LogP contribution in [0.2, 0.25) is 0 Å². The summed E-state index contributed by atoms with van der Waals surface area (Å²) in [5, 5.41) is 0. The van der Waals surface area contributed by atoms with E-state index in [4.69, 9.17) is 10.5 Å². The first-order chi connectivity index (χ1) is 11.0. The van der Waals surface area contributed by atoms with Crippen molar-refractivity contribution in [2.45, 2.75) is 44.8 Å². The summed E-state index contributed by atoms with van der Waals surface area (Å²) in [5.41, 5.74) is 4.52. The second kappa shape index (κ2) is 6.58. The highest BCUT2D eigenvalue weighted by molar-refractivity contribution is 5.68. The number of nitrogens with zero attached hydrogens (tertiary/aromatic N) is 1. The van der Waals surface area contributed by atoms with Gasteiger partial charge in [0.1, 0.15) is 5.60 Å². The molecule has 1 saturated heterocycles. The minimum atomic E-state index is -1.47. The normalized spacial score (nSPS) is 21.8. The third kappa shape index (κ3) is 3.80. The Bertz CT molecular complexity index is 620. The summed E-state index contributed by atoms with van der Waals surface area (Å²) in [5.74, 6) is -6.76. The molecule has 0 unspecified atom stereocenters. The fourth-order valence-electron chi connectivity index (χ4n) is 2.75. The number of hydrogen-bond donors (Lipinski definition) is 1. The van der Waals surface area contributed by atoms with E-state index in [1.54, 1.807) is 20.8 Å². The van der Waals surface area contributed by atoms with Gasteiger partial charge in [-0.1, -0.05) is 0 Å². The van der Waals surface area contributed by atoms with E-state index >= 15 is 0 Å². The van der Waals surface area contributed by atoms with Crippen LogP contribution >= 0.6 is 0 Å². The van der Waals surface area contributed by atoms with Crippen LogP contribution in [0, 0.1) is 23.3 Å². The molecule has 1 aliphatic heterocycles. The number of likely N-dealkylation sites (tertiary alicyclic amines) is 1. The topological polar surface area (TPSA) is 55.6 Å². The van der Waals surface area contributed by atoms with Gasteiger partial charge >= 0.3 is 6.09 Å². The maximum atomic E-state index is 13.9. The van der Waals surface area contributed by atoms with Crippen LogP contribution in [0.15, 0.2) is 6.07 Å². The van der Waals surface area contributed by atoms with Crippen molar-refractivity contribution in [3.63, 3.8) is 0 Å². The van der Waals surface area contributed by atoms with Gasteiger partial charge in [0.15, 0.2) is 23.3 Å². The molecule has 2 N–H and O–H groups in total. The molecule has 0 aliphatic carbocycles. The molecule has 24 heavy (non-hydrogen) atoms. The van der Waals surface area contributed by atoms with Crippen LogP contribution in [0.25, 0.3) is 0 Å². The molecule has 0 spiro atoms. The first-order valence-corrected chi connectivity index (χ1v) is 7.57. The summed E-state index contributed by atoms with van der Waals surface area (Å²) in [6, 6.07) is -0.716. The van der Waals surface area contributed by atoms with Crippen molar-refractivity contribution in [3.05, 3.63) is 34.9 Å². The third-order valence-electron chi connectivity index (χ3n) is 3.83. The SMILES string of the molecule is CC(C)(C)OC(=O)N1CC[C@@H](c2c(F)c(F)cc(F)c2F)[C@H](N)C1. The smallest absolute Gasteiger partial charge is 0.410 e. The van der Waals surface area contributed by atoms with Gasteiger partial charge in [0.25, 0.3) is 0 Å². The molecule has 8 heteroatoms. The molecule has 1 aromatic rings. The molecule has 2 rings (SSSR count). The fraction of sp³-hybridized carbons (Fsp3) is 0.562. The largest absolute Gasteiger partial charge is 0.444 e. The maximum absolute atomic E-state index is 13.9. The summed E-state index contributed by atoms with van der Waals surface area (Å²) < 4.78 is 59.9. The third-order valence-corrected chi connectivity index (χ3v) is 3.83. The minimum Gasteiger partial charge on any atom is -0.444 e. The monoisotopic (exact) mass is 348 g/mol. The molecular weight excluding hydrogens is 328 g/mol. The number of nitrogens with two attached hydrogens (primary N) is 1. The van der Waals surface area contributed by atoms with E-state index in [9.17, 15) is 22.4 Å². The van der Waals surface area contributed by atoms with Crippen molar-refractivity contribution < 1.29 is 27.1 Å². The Balaban J connectivity index is 2.20. The molecule has 0 radical (unpaired) electrons. The highest BCUT2D eigenvalue weighted by atomic mass is 19.2. The predicted octanol–water partition coefficient (Wildman–Crippen LogP) is 3.29. The summed E-state index contributed by atoms with van der Waals surface area (Å²) >= 11 is 0. The van der Waals surface area contributed by atoms with Gasteiger partial charge in [0.05, 0.1) is 0 Å². The summed E-state index contributed by atoms with van der Waals surface area (Å²) in [6.45, 7) is 5.20. The van der Waals surface area contributed by atoms with Crippen molar-refractivity contribution in [2.75, 3.05) is 13.1 Å². The van der Waals surface area contributed by atoms with Gasteiger partial charge in [0.2, 0.25) is 0 Å². The molecule has 134 valence electrons. The van der Waals surface area contributed by atoms with E-state index in [-0.39, 0.29) is 25.6 Å². The zero-order chi connectivity index (χ0) is 18.2. The minimum absolute atomic E-state index is 0.0312. The van der Waals surface area contributed by atoms with Gasteiger partial charge in [0, 0.05) is 36.7 Å². The van der Waals surface area contributed by atoms with Crippen molar-refractivity contribution in [3.8, 4) is 0 Å². The van der Waals surface area contributed by atoms with Crippen LogP contribution < -0.4 is 5.73 Å². The molecule has 1 amide bonds. The predicted molar refractivity (Wildman–Crippen MR) is 79.4 cm³/mol. The Kier molecular flexibility index (Phi) is 5.08. The lowest BCUT2D eigenvalue weighted by atomic mass is 9.85. The molecule has 0 aromatic heterocycles. The number of carbonyl (C=O) groups excluding carboxylic acids is 1. The van der Waals surface area contributed by atoms with Crippen LogP contribution in [-0.2, 0) is 4.74 Å². The lowest BCUT2D eigenvalue weighted by Crippen LogP contribution is -2.51. The zero-order valence-electron chi connectivity index (χ0n) is 13.7. The van der Waals surface area contributed by atoms with Crippen LogP contribution in [0.1, 0.15) is 38.7 Å². The van der Waals surface area contributed by atoms with Crippen molar-refractivity contribution in [1.29, 1.82) is 0 Å². The van der Waals surface area contributed by atoms with Crippen LogP contribution in [-0.4, -0.2) is 35.7 Å². The zero-order valence-corrected chi connectivity index (χ0v) is 13.7. The van der Waals surface area contributed by atoms with Gasteiger partial charge in [-0.2, -0.15) is 0 Å². The Morgan fingerprint density at radius 1 is 1.21 bits per heavy atom. The quantitative estimate of drug-likeness (QED) is 0.626. The summed E-state index contributed by atoms with van der Waals surface area (Å²) in [7, 11) is 0. The molecule has 0 saturated carbocycles. The highest BCUT2D eigenvalue weighted by Crippen LogP contribution is 2.33. The molecule has 1 aromatic carbocycles. The van der Waals surface area contributed by atoms with Gasteiger partial charge in [-0.05, 0) is 27.2 Å². The fourth-order valence-corrected chi connectivity index (χ4v) is 2.75. The van der Waals surface area contributed by atoms with E-state index in [0.717, 1.165) is 0 Å². The van der Waals surface area contributed by atoms with Crippen molar-refractivity contribution >= 4 is 6.09 Å². The molecule has 4 nitrogen and oxygen atoms in total. The van der Waals surface area contributed by atoms with Crippen LogP contribution in [0.3, 0.4) is 0 Å². The lowest BCUT2D eigenvalue weighted by molar-refractivity contribution is 0.0184. The van der Waals surface area contributed by atoms with E-state index in [0.29, 0.717) is 0 Å². The summed E-state index contributed by atoms with van der Waals surface area (Å²) in [6.07, 6.45) is -0.528. The number of halogens is 4. The molecule has 1 fully saturated rings. The second-order valence-corrected chi connectivity index (χ2v) is 6.87. The number of piperidine rings is 1. The van der Waals surface area contributed by atoms with Crippen molar-refractivity contribution in [2.24, 2.45) is 5.73 Å². The van der Waals surface area contributed by atoms with E-state index in [1.807, 2.05) is 0 Å². The van der Waals surface area contributed by atoms with Gasteiger partial charge in [-0.3, -0.25) is 0 Å². The lowest BCUT2D eigenvalue weighted by Gasteiger charge is -2.37. The Morgan fingerprint density at radius 2 is 1.75 bits per heavy atom. The van der Waals surface area contributed by atoms with Gasteiger partial charge in [-0.15, -0.1) is 0 Å². The Morgan fingerprint density at radius 3 is 2.21 bits per heavy atom. The number of rotatable bonds is 1. The molecule has 0 bridgehead atoms. The maximum Gasteiger partial charge on any atom is 0.410 e. The average Bonchev–Trinajstić information content (AvgIpc) is 2.45. The number of ether oxygens (including phenoxy) is 1. The number of carbonyl (C=O) groups is 1. The van der Waals surface area contributed by atoms with Crippen LogP contribution in [0.4, 0.5) is 22.4 Å². The molecule has 2 atom stereocenters.